The molecule has 0 radical (unpaired) electrons. The molecule has 0 spiro atoms. The highest BCUT2D eigenvalue weighted by Gasteiger charge is 2.17. The Labute approximate surface area is 129 Å². The van der Waals surface area contributed by atoms with Crippen LogP contribution in [0.25, 0.3) is 0 Å². The molecule has 5 nitrogen and oxygen atoms in total. The molecule has 2 N–H and O–H groups in total. The highest BCUT2D eigenvalue weighted by atomic mass is 79.9. The maximum atomic E-state index is 12.4. The number of rotatable bonds is 9. The molecule has 0 aliphatic carbocycles. The SMILES string of the molecule is CC(CCN)CCC(=O)c1c(Br)cnn1CCN(C)C. The third-order valence-corrected chi connectivity index (χ3v) is 3.92. The zero-order valence-corrected chi connectivity index (χ0v) is 14.2. The van der Waals surface area contributed by atoms with Gasteiger partial charge in [0.2, 0.25) is 0 Å². The highest BCUT2D eigenvalue weighted by Crippen LogP contribution is 2.20. The van der Waals surface area contributed by atoms with Crippen molar-refractivity contribution >= 4 is 21.7 Å². The number of nitrogens with zero attached hydrogens (tertiary/aromatic N) is 3. The van der Waals surface area contributed by atoms with Crippen molar-refractivity contribution in [2.75, 3.05) is 27.2 Å². The molecule has 6 heteroatoms. The Morgan fingerprint density at radius 2 is 2.20 bits per heavy atom. The molecule has 114 valence electrons. The number of halogens is 1. The minimum Gasteiger partial charge on any atom is -0.330 e. The molecule has 1 aromatic heterocycles. The van der Waals surface area contributed by atoms with Crippen LogP contribution in [0.2, 0.25) is 0 Å². The van der Waals surface area contributed by atoms with E-state index in [1.54, 1.807) is 10.9 Å². The van der Waals surface area contributed by atoms with Crippen LogP contribution in [0.15, 0.2) is 10.7 Å². The number of hydrogen-bond donors (Lipinski definition) is 1. The molecule has 0 saturated heterocycles. The van der Waals surface area contributed by atoms with Gasteiger partial charge >= 0.3 is 0 Å². The van der Waals surface area contributed by atoms with Gasteiger partial charge in [0.15, 0.2) is 5.78 Å². The maximum absolute atomic E-state index is 12.4. The Hall–Kier alpha value is -0.720. The van der Waals surface area contributed by atoms with Crippen molar-refractivity contribution in [3.63, 3.8) is 0 Å². The minimum absolute atomic E-state index is 0.150. The fraction of sp³-hybridized carbons (Fsp3) is 0.714. The maximum Gasteiger partial charge on any atom is 0.182 e. The van der Waals surface area contributed by atoms with Crippen LogP contribution in [0.5, 0.6) is 0 Å². The summed E-state index contributed by atoms with van der Waals surface area (Å²) in [5, 5.41) is 4.27. The number of nitrogens with two attached hydrogens (primary N) is 1. The molecular formula is C14H25BrN4O. The van der Waals surface area contributed by atoms with Gasteiger partial charge in [-0.05, 0) is 55.3 Å². The van der Waals surface area contributed by atoms with Crippen molar-refractivity contribution in [1.29, 1.82) is 0 Å². The molecule has 1 aromatic rings. The zero-order valence-electron chi connectivity index (χ0n) is 12.6. The molecule has 0 amide bonds. The van der Waals surface area contributed by atoms with E-state index in [1.165, 1.54) is 0 Å². The smallest absolute Gasteiger partial charge is 0.182 e. The summed E-state index contributed by atoms with van der Waals surface area (Å²) >= 11 is 3.42. The van der Waals surface area contributed by atoms with Gasteiger partial charge in [-0.3, -0.25) is 9.48 Å². The first-order valence-corrected chi connectivity index (χ1v) is 7.84. The van der Waals surface area contributed by atoms with E-state index in [4.69, 9.17) is 5.73 Å². The van der Waals surface area contributed by atoms with Crippen LogP contribution in [0, 0.1) is 5.92 Å². The minimum atomic E-state index is 0.150. The number of aromatic nitrogens is 2. The summed E-state index contributed by atoms with van der Waals surface area (Å²) in [6.45, 7) is 4.40. The van der Waals surface area contributed by atoms with Crippen molar-refractivity contribution in [1.82, 2.24) is 14.7 Å². The van der Waals surface area contributed by atoms with Gasteiger partial charge in [0, 0.05) is 13.0 Å². The first-order valence-electron chi connectivity index (χ1n) is 7.05. The quantitative estimate of drug-likeness (QED) is 0.697. The lowest BCUT2D eigenvalue weighted by Gasteiger charge is -2.13. The fourth-order valence-corrected chi connectivity index (χ4v) is 2.55. The summed E-state index contributed by atoms with van der Waals surface area (Å²) in [6.07, 6.45) is 4.09. The van der Waals surface area contributed by atoms with Gasteiger partial charge in [-0.1, -0.05) is 6.92 Å². The van der Waals surface area contributed by atoms with Gasteiger partial charge in [-0.25, -0.2) is 0 Å². The lowest BCUT2D eigenvalue weighted by Crippen LogP contribution is -2.21. The Balaban J connectivity index is 2.64. The Morgan fingerprint density at radius 1 is 1.50 bits per heavy atom. The van der Waals surface area contributed by atoms with E-state index in [2.05, 4.69) is 32.9 Å². The Kier molecular flexibility index (Phi) is 7.40. The average Bonchev–Trinajstić information content (AvgIpc) is 2.75. The molecular weight excluding hydrogens is 320 g/mol. The van der Waals surface area contributed by atoms with Crippen LogP contribution in [0.1, 0.15) is 36.7 Å². The second kappa shape index (κ2) is 8.54. The summed E-state index contributed by atoms with van der Waals surface area (Å²) in [7, 11) is 4.02. The van der Waals surface area contributed by atoms with Gasteiger partial charge < -0.3 is 10.6 Å². The number of carbonyl (C=O) groups excluding carboxylic acids is 1. The molecule has 1 unspecified atom stereocenters. The summed E-state index contributed by atoms with van der Waals surface area (Å²) in [5.41, 5.74) is 6.22. The average molecular weight is 345 g/mol. The predicted octanol–water partition coefficient (Wildman–Crippen LogP) is 2.16. The normalized spacial score (nSPS) is 12.9. The van der Waals surface area contributed by atoms with Crippen LogP contribution in [-0.2, 0) is 6.54 Å². The number of ketones is 1. The van der Waals surface area contributed by atoms with Crippen LogP contribution in [0.4, 0.5) is 0 Å². The lowest BCUT2D eigenvalue weighted by molar-refractivity contribution is 0.0962. The van der Waals surface area contributed by atoms with Crippen molar-refractivity contribution in [2.24, 2.45) is 11.7 Å². The van der Waals surface area contributed by atoms with Gasteiger partial charge in [-0.15, -0.1) is 0 Å². The van der Waals surface area contributed by atoms with Crippen molar-refractivity contribution < 1.29 is 4.79 Å². The highest BCUT2D eigenvalue weighted by molar-refractivity contribution is 9.10. The summed E-state index contributed by atoms with van der Waals surface area (Å²) in [5.74, 6) is 0.637. The van der Waals surface area contributed by atoms with Crippen LogP contribution in [-0.4, -0.2) is 47.6 Å². The Morgan fingerprint density at radius 3 is 2.80 bits per heavy atom. The molecule has 1 rings (SSSR count). The summed E-state index contributed by atoms with van der Waals surface area (Å²) in [6, 6.07) is 0. The molecule has 0 saturated carbocycles. The first kappa shape index (κ1) is 17.3. The van der Waals surface area contributed by atoms with Crippen molar-refractivity contribution in [2.45, 2.75) is 32.7 Å². The summed E-state index contributed by atoms with van der Waals surface area (Å²) in [4.78, 5) is 14.4. The van der Waals surface area contributed by atoms with Crippen molar-refractivity contribution in [3.8, 4) is 0 Å². The molecule has 1 atom stereocenters. The molecule has 0 aromatic carbocycles. The molecule has 1 heterocycles. The molecule has 0 bridgehead atoms. The monoisotopic (exact) mass is 344 g/mol. The van der Waals surface area contributed by atoms with E-state index in [1.807, 2.05) is 14.1 Å². The lowest BCUT2D eigenvalue weighted by atomic mass is 9.99. The largest absolute Gasteiger partial charge is 0.330 e. The second-order valence-corrected chi connectivity index (χ2v) is 6.37. The standard InChI is InChI=1S/C14H25BrN4O/c1-11(6-7-16)4-5-13(20)14-12(15)10-17-19(14)9-8-18(2)3/h10-11H,4-9,16H2,1-3H3. The predicted molar refractivity (Wildman–Crippen MR) is 84.9 cm³/mol. The van der Waals surface area contributed by atoms with Gasteiger partial charge in [0.1, 0.15) is 5.69 Å². The Bertz CT molecular complexity index is 431. The first-order chi connectivity index (χ1) is 9.45. The third-order valence-electron chi connectivity index (χ3n) is 3.34. The van der Waals surface area contributed by atoms with Crippen LogP contribution in [0.3, 0.4) is 0 Å². The number of likely N-dealkylation sites (N-methyl/N-ethyl adjacent to an activating group) is 1. The number of hydrogen-bond acceptors (Lipinski definition) is 4. The summed E-state index contributed by atoms with van der Waals surface area (Å²) < 4.78 is 2.58. The third kappa shape index (κ3) is 5.34. The van der Waals surface area contributed by atoms with E-state index in [0.717, 1.165) is 30.4 Å². The van der Waals surface area contributed by atoms with Crippen molar-refractivity contribution in [3.05, 3.63) is 16.4 Å². The van der Waals surface area contributed by atoms with E-state index in [9.17, 15) is 4.79 Å². The molecule has 0 aliphatic rings. The molecule has 20 heavy (non-hydrogen) atoms. The van der Waals surface area contributed by atoms with Crippen LogP contribution < -0.4 is 5.73 Å². The van der Waals surface area contributed by atoms with Crippen LogP contribution >= 0.6 is 15.9 Å². The van der Waals surface area contributed by atoms with Gasteiger partial charge in [0.25, 0.3) is 0 Å². The number of Topliss-reactive ketones (excluding diaryl/α,β-unsaturated/α-hetero) is 1. The van der Waals surface area contributed by atoms with E-state index >= 15 is 0 Å². The molecule has 0 aliphatic heterocycles. The van der Waals surface area contributed by atoms with E-state index < -0.39 is 0 Å². The van der Waals surface area contributed by atoms with E-state index in [-0.39, 0.29) is 5.78 Å². The van der Waals surface area contributed by atoms with E-state index in [0.29, 0.717) is 24.6 Å². The number of carbonyl (C=O) groups is 1. The zero-order chi connectivity index (χ0) is 15.1. The fourth-order valence-electron chi connectivity index (χ4n) is 2.03. The molecule has 0 fully saturated rings. The second-order valence-electron chi connectivity index (χ2n) is 5.51. The topological polar surface area (TPSA) is 64.2 Å². The van der Waals surface area contributed by atoms with Gasteiger partial charge in [-0.2, -0.15) is 5.10 Å². The van der Waals surface area contributed by atoms with Gasteiger partial charge in [0.05, 0.1) is 17.2 Å².